The van der Waals surface area contributed by atoms with E-state index in [1.54, 1.807) is 12.3 Å². The van der Waals surface area contributed by atoms with Crippen molar-refractivity contribution in [1.82, 2.24) is 15.2 Å². The molecule has 8 heteroatoms. The molecule has 1 N–H and O–H groups in total. The minimum atomic E-state index is 0. The van der Waals surface area contributed by atoms with Gasteiger partial charge in [-0.25, -0.2) is 4.98 Å². The van der Waals surface area contributed by atoms with Gasteiger partial charge < -0.3 is 19.7 Å². The summed E-state index contributed by atoms with van der Waals surface area (Å²) < 4.78 is 11.7. The van der Waals surface area contributed by atoms with Crippen molar-refractivity contribution in [3.8, 4) is 11.5 Å². The van der Waals surface area contributed by atoms with Crippen molar-refractivity contribution in [2.45, 2.75) is 26.5 Å². The average molecular weight is 451 g/mol. The minimum Gasteiger partial charge on any atom is -0.490 e. The molecule has 0 amide bonds. The Labute approximate surface area is 185 Å². The number of ether oxygens (including phenoxy) is 2. The van der Waals surface area contributed by atoms with E-state index < -0.39 is 0 Å². The van der Waals surface area contributed by atoms with E-state index >= 15 is 0 Å². The summed E-state index contributed by atoms with van der Waals surface area (Å²) in [7, 11) is 4.18. The molecule has 0 spiro atoms. The van der Waals surface area contributed by atoms with Gasteiger partial charge >= 0.3 is 0 Å². The molecule has 28 heavy (non-hydrogen) atoms. The van der Waals surface area contributed by atoms with Crippen molar-refractivity contribution in [3.05, 3.63) is 52.8 Å². The molecule has 0 aliphatic heterocycles. The third-order valence-corrected chi connectivity index (χ3v) is 4.00. The number of rotatable bonds is 11. The molecule has 0 aliphatic rings. The van der Waals surface area contributed by atoms with Gasteiger partial charge in [-0.2, -0.15) is 0 Å². The maximum atomic E-state index is 5.91. The van der Waals surface area contributed by atoms with Gasteiger partial charge in [0.25, 0.3) is 0 Å². The van der Waals surface area contributed by atoms with Gasteiger partial charge in [0.1, 0.15) is 11.8 Å². The van der Waals surface area contributed by atoms with Crippen LogP contribution in [0.5, 0.6) is 11.5 Å². The Morgan fingerprint density at radius 1 is 1.04 bits per heavy atom. The summed E-state index contributed by atoms with van der Waals surface area (Å²) in [5, 5.41) is 3.94. The number of nitrogens with zero attached hydrogens (tertiary/aromatic N) is 2. The van der Waals surface area contributed by atoms with E-state index in [1.165, 1.54) is 5.56 Å². The number of nitrogens with one attached hydrogen (secondary N) is 1. The van der Waals surface area contributed by atoms with Crippen LogP contribution in [0.15, 0.2) is 36.5 Å². The van der Waals surface area contributed by atoms with Crippen LogP contribution in [0.2, 0.25) is 5.15 Å². The molecular formula is C20H30Cl3N3O2. The summed E-state index contributed by atoms with van der Waals surface area (Å²) in [6.45, 7) is 5.88. The van der Waals surface area contributed by atoms with Crippen molar-refractivity contribution < 1.29 is 9.47 Å². The Morgan fingerprint density at radius 3 is 2.43 bits per heavy atom. The normalized spacial score (nSPS) is 10.2. The fourth-order valence-electron chi connectivity index (χ4n) is 2.46. The highest BCUT2D eigenvalue weighted by Gasteiger charge is 2.07. The molecule has 0 atom stereocenters. The molecule has 0 radical (unpaired) electrons. The number of aromatic nitrogens is 1. The third-order valence-electron chi connectivity index (χ3n) is 3.78. The van der Waals surface area contributed by atoms with Crippen molar-refractivity contribution in [1.29, 1.82) is 0 Å². The number of benzene rings is 1. The monoisotopic (exact) mass is 449 g/mol. The SMILES string of the molecule is CCOc1cc(CNCCCN(C)C)ccc1OCc1ccc(Cl)nc1.Cl.Cl. The molecule has 0 unspecified atom stereocenters. The second-order valence-electron chi connectivity index (χ2n) is 6.33. The largest absolute Gasteiger partial charge is 0.490 e. The van der Waals surface area contributed by atoms with Crippen LogP contribution in [0.3, 0.4) is 0 Å². The van der Waals surface area contributed by atoms with Gasteiger partial charge in [0, 0.05) is 18.3 Å². The van der Waals surface area contributed by atoms with E-state index in [0.717, 1.165) is 43.1 Å². The topological polar surface area (TPSA) is 46.6 Å². The minimum absolute atomic E-state index is 0. The van der Waals surface area contributed by atoms with Crippen LogP contribution in [0.25, 0.3) is 0 Å². The zero-order valence-corrected chi connectivity index (χ0v) is 19.0. The van der Waals surface area contributed by atoms with E-state index in [2.05, 4.69) is 35.4 Å². The smallest absolute Gasteiger partial charge is 0.161 e. The Balaban J connectivity index is 0.00000364. The maximum absolute atomic E-state index is 5.91. The molecule has 5 nitrogen and oxygen atoms in total. The van der Waals surface area contributed by atoms with Crippen molar-refractivity contribution >= 4 is 36.4 Å². The molecular weight excluding hydrogens is 421 g/mol. The molecule has 0 saturated heterocycles. The number of hydrogen-bond donors (Lipinski definition) is 1. The van der Waals surface area contributed by atoms with Crippen molar-refractivity contribution in [3.63, 3.8) is 0 Å². The van der Waals surface area contributed by atoms with Crippen molar-refractivity contribution in [2.24, 2.45) is 0 Å². The highest BCUT2D eigenvalue weighted by Crippen LogP contribution is 2.29. The molecule has 158 valence electrons. The Bertz CT molecular complexity index is 670. The van der Waals surface area contributed by atoms with Gasteiger partial charge in [-0.05, 0) is 64.3 Å². The molecule has 2 rings (SSSR count). The molecule has 2 aromatic rings. The fraction of sp³-hybridized carbons (Fsp3) is 0.450. The van der Waals surface area contributed by atoms with Crippen LogP contribution < -0.4 is 14.8 Å². The lowest BCUT2D eigenvalue weighted by Crippen LogP contribution is -2.21. The molecule has 1 heterocycles. The number of halogens is 3. The van der Waals surface area contributed by atoms with Crippen LogP contribution in [-0.2, 0) is 13.2 Å². The maximum Gasteiger partial charge on any atom is 0.161 e. The molecule has 0 saturated carbocycles. The predicted octanol–water partition coefficient (Wildman–Crippen LogP) is 4.60. The lowest BCUT2D eigenvalue weighted by atomic mass is 10.2. The van der Waals surface area contributed by atoms with Crippen LogP contribution in [-0.4, -0.2) is 43.7 Å². The summed E-state index contributed by atoms with van der Waals surface area (Å²) in [5.41, 5.74) is 2.14. The zero-order valence-electron chi connectivity index (χ0n) is 16.6. The Hall–Kier alpha value is -1.24. The van der Waals surface area contributed by atoms with Crippen LogP contribution in [0.4, 0.5) is 0 Å². The molecule has 0 bridgehead atoms. The molecule has 0 fully saturated rings. The predicted molar refractivity (Wildman–Crippen MR) is 121 cm³/mol. The first kappa shape index (κ1) is 26.8. The Morgan fingerprint density at radius 2 is 1.79 bits per heavy atom. The fourth-order valence-corrected chi connectivity index (χ4v) is 2.57. The zero-order chi connectivity index (χ0) is 18.8. The summed E-state index contributed by atoms with van der Waals surface area (Å²) >= 11 is 5.81. The second kappa shape index (κ2) is 14.7. The van der Waals surface area contributed by atoms with E-state index in [0.29, 0.717) is 18.4 Å². The number of hydrogen-bond acceptors (Lipinski definition) is 5. The summed E-state index contributed by atoms with van der Waals surface area (Å²) in [4.78, 5) is 6.26. The quantitative estimate of drug-likeness (QED) is 0.400. The first-order valence-electron chi connectivity index (χ1n) is 8.93. The highest BCUT2D eigenvalue weighted by molar-refractivity contribution is 6.29. The summed E-state index contributed by atoms with van der Waals surface area (Å²) in [6.07, 6.45) is 2.84. The van der Waals surface area contributed by atoms with Gasteiger partial charge in [-0.3, -0.25) is 0 Å². The van der Waals surface area contributed by atoms with E-state index in [4.69, 9.17) is 21.1 Å². The molecule has 0 aliphatic carbocycles. The lowest BCUT2D eigenvalue weighted by Gasteiger charge is -2.14. The average Bonchev–Trinajstić information content (AvgIpc) is 2.62. The van der Waals surface area contributed by atoms with Gasteiger partial charge in [-0.1, -0.05) is 23.7 Å². The van der Waals surface area contributed by atoms with Crippen LogP contribution in [0, 0.1) is 0 Å². The molecule has 1 aromatic carbocycles. The number of pyridine rings is 1. The molecule has 1 aromatic heterocycles. The van der Waals surface area contributed by atoms with Gasteiger partial charge in [0.2, 0.25) is 0 Å². The second-order valence-corrected chi connectivity index (χ2v) is 6.71. The highest BCUT2D eigenvalue weighted by atomic mass is 35.5. The first-order chi connectivity index (χ1) is 12.6. The summed E-state index contributed by atoms with van der Waals surface area (Å²) in [6, 6.07) is 9.73. The third kappa shape index (κ3) is 9.80. The van der Waals surface area contributed by atoms with Crippen LogP contribution >= 0.6 is 36.4 Å². The van der Waals surface area contributed by atoms with Gasteiger partial charge in [0.15, 0.2) is 11.5 Å². The van der Waals surface area contributed by atoms with Crippen molar-refractivity contribution in [2.75, 3.05) is 33.8 Å². The lowest BCUT2D eigenvalue weighted by molar-refractivity contribution is 0.269. The van der Waals surface area contributed by atoms with E-state index in [1.807, 2.05) is 25.1 Å². The van der Waals surface area contributed by atoms with E-state index in [-0.39, 0.29) is 24.8 Å². The van der Waals surface area contributed by atoms with Gasteiger partial charge in [0.05, 0.1) is 6.61 Å². The van der Waals surface area contributed by atoms with E-state index in [9.17, 15) is 0 Å². The van der Waals surface area contributed by atoms with Gasteiger partial charge in [-0.15, -0.1) is 24.8 Å². The Kier molecular flexibility index (Phi) is 14.1. The standard InChI is InChI=1S/C20H28ClN3O2.2ClH/c1-4-25-19-12-16(13-22-10-5-11-24(2)3)6-8-18(19)26-15-17-7-9-20(21)23-14-17;;/h6-9,12,14,22H,4-5,10-11,13,15H2,1-3H3;2*1H. The van der Waals surface area contributed by atoms with Crippen LogP contribution in [0.1, 0.15) is 24.5 Å². The summed E-state index contributed by atoms with van der Waals surface area (Å²) in [5.74, 6) is 1.50. The first-order valence-corrected chi connectivity index (χ1v) is 9.30.